The fourth-order valence-electron chi connectivity index (χ4n) is 4.15. The molecule has 0 amide bonds. The number of benzene rings is 3. The van der Waals surface area contributed by atoms with E-state index in [0.717, 1.165) is 22.3 Å². The number of nitrogens with one attached hydrogen (secondary N) is 1. The molecule has 0 radical (unpaired) electrons. The van der Waals surface area contributed by atoms with Gasteiger partial charge in [0, 0.05) is 23.1 Å². The van der Waals surface area contributed by atoms with Crippen LogP contribution in [-0.2, 0) is 0 Å². The molecule has 5 rings (SSSR count). The highest BCUT2D eigenvalue weighted by Gasteiger charge is 2.29. The van der Waals surface area contributed by atoms with Crippen LogP contribution >= 0.6 is 0 Å². The number of amidine groups is 1. The number of nitrogen functional groups attached to an aromatic ring is 2. The average molecular weight is 457 g/mol. The van der Waals surface area contributed by atoms with Crippen LogP contribution in [-0.4, -0.2) is 22.4 Å². The van der Waals surface area contributed by atoms with Crippen LogP contribution in [0.2, 0.25) is 0 Å². The Labute approximate surface area is 195 Å². The quantitative estimate of drug-likeness (QED) is 0.131. The Kier molecular flexibility index (Phi) is 5.27. The van der Waals surface area contributed by atoms with E-state index in [4.69, 9.17) is 32.5 Å². The number of fused-ring (bicyclic) bond motifs is 3. The van der Waals surface area contributed by atoms with Crippen LogP contribution in [0.4, 0.5) is 11.8 Å². The fraction of sp³-hybridized carbons (Fsp3) is 0.125. The van der Waals surface area contributed by atoms with Crippen LogP contribution < -0.4 is 38.1 Å². The van der Waals surface area contributed by atoms with Gasteiger partial charge in [0.15, 0.2) is 5.84 Å². The molecule has 34 heavy (non-hydrogen) atoms. The zero-order valence-electron chi connectivity index (χ0n) is 18.4. The Hall–Kier alpha value is -4.57. The SMILES string of the molecule is CC1COc2c1c(Oc1cccc(-c3cccc(/C(N)=N/NN)c3)c1)cc1nc(N)nc(N)c21. The monoisotopic (exact) mass is 456 g/mol. The molecule has 10 heteroatoms. The Morgan fingerprint density at radius 2 is 1.85 bits per heavy atom. The van der Waals surface area contributed by atoms with Crippen LogP contribution in [0.5, 0.6) is 17.2 Å². The standard InChI is InChI=1S/C24H24N8O2/c1-12-11-33-21-19(12)18(10-17-20(21)23(26)30-24(27)29-17)34-16-7-3-5-14(9-16)13-4-2-6-15(8-13)22(25)31-32-28/h2-10,12,32H,11,28H2,1H3,(H2,25,31)(H4,26,27,29,30). The van der Waals surface area contributed by atoms with E-state index in [1.165, 1.54) is 0 Å². The van der Waals surface area contributed by atoms with E-state index in [0.29, 0.717) is 34.8 Å². The molecule has 3 aromatic carbocycles. The van der Waals surface area contributed by atoms with Gasteiger partial charge in [-0.2, -0.15) is 4.98 Å². The molecule has 4 aromatic rings. The summed E-state index contributed by atoms with van der Waals surface area (Å²) in [5, 5.41) is 4.49. The Balaban J connectivity index is 1.55. The molecule has 0 bridgehead atoms. The molecule has 0 saturated heterocycles. The summed E-state index contributed by atoms with van der Waals surface area (Å²) >= 11 is 0. The summed E-state index contributed by atoms with van der Waals surface area (Å²) in [6, 6.07) is 17.3. The number of hydrogen-bond acceptors (Lipinski definition) is 9. The zero-order valence-corrected chi connectivity index (χ0v) is 18.4. The minimum absolute atomic E-state index is 0.0940. The molecule has 10 nitrogen and oxygen atoms in total. The third-order valence-corrected chi connectivity index (χ3v) is 5.70. The van der Waals surface area contributed by atoms with Gasteiger partial charge in [-0.15, -0.1) is 5.10 Å². The van der Waals surface area contributed by atoms with Gasteiger partial charge >= 0.3 is 0 Å². The summed E-state index contributed by atoms with van der Waals surface area (Å²) in [6.07, 6.45) is 0. The van der Waals surface area contributed by atoms with Crippen molar-refractivity contribution in [3.8, 4) is 28.4 Å². The van der Waals surface area contributed by atoms with Crippen LogP contribution in [0.3, 0.4) is 0 Å². The maximum Gasteiger partial charge on any atom is 0.222 e. The Bertz CT molecular complexity index is 1440. The number of ether oxygens (including phenoxy) is 2. The van der Waals surface area contributed by atoms with E-state index in [9.17, 15) is 0 Å². The van der Waals surface area contributed by atoms with E-state index >= 15 is 0 Å². The first-order valence-corrected chi connectivity index (χ1v) is 10.6. The van der Waals surface area contributed by atoms with Crippen LogP contribution in [0.25, 0.3) is 22.0 Å². The van der Waals surface area contributed by atoms with Gasteiger partial charge in [-0.3, -0.25) is 0 Å². The van der Waals surface area contributed by atoms with Gasteiger partial charge in [0.25, 0.3) is 0 Å². The largest absolute Gasteiger partial charge is 0.492 e. The van der Waals surface area contributed by atoms with E-state index in [-0.39, 0.29) is 23.5 Å². The lowest BCUT2D eigenvalue weighted by Gasteiger charge is -2.15. The molecule has 0 saturated carbocycles. The third-order valence-electron chi connectivity index (χ3n) is 5.70. The topological polar surface area (TPSA) is 173 Å². The fourth-order valence-corrected chi connectivity index (χ4v) is 4.15. The summed E-state index contributed by atoms with van der Waals surface area (Å²) in [4.78, 5) is 8.43. The second-order valence-electron chi connectivity index (χ2n) is 8.03. The van der Waals surface area contributed by atoms with Gasteiger partial charge < -0.3 is 26.7 Å². The predicted molar refractivity (Wildman–Crippen MR) is 132 cm³/mol. The lowest BCUT2D eigenvalue weighted by molar-refractivity contribution is 0.340. The number of rotatable bonds is 5. The highest BCUT2D eigenvalue weighted by atomic mass is 16.5. The summed E-state index contributed by atoms with van der Waals surface area (Å²) in [6.45, 7) is 2.59. The summed E-state index contributed by atoms with van der Waals surface area (Å²) < 4.78 is 12.3. The van der Waals surface area contributed by atoms with E-state index < -0.39 is 0 Å². The lowest BCUT2D eigenvalue weighted by Crippen LogP contribution is -2.22. The molecule has 1 atom stereocenters. The van der Waals surface area contributed by atoms with Crippen molar-refractivity contribution < 1.29 is 9.47 Å². The van der Waals surface area contributed by atoms with E-state index in [1.54, 1.807) is 0 Å². The molecule has 0 fully saturated rings. The third kappa shape index (κ3) is 3.76. The number of nitrogens with zero attached hydrogens (tertiary/aromatic N) is 3. The average Bonchev–Trinajstić information content (AvgIpc) is 3.21. The number of nitrogens with two attached hydrogens (primary N) is 4. The van der Waals surface area contributed by atoms with Gasteiger partial charge in [-0.05, 0) is 29.3 Å². The highest BCUT2D eigenvalue weighted by molar-refractivity contribution is 5.99. The molecule has 9 N–H and O–H groups in total. The summed E-state index contributed by atoms with van der Waals surface area (Å²) in [5.41, 5.74) is 24.3. The molecule has 0 spiro atoms. The Morgan fingerprint density at radius 1 is 1.09 bits per heavy atom. The number of hydrazine groups is 1. The van der Waals surface area contributed by atoms with Crippen molar-refractivity contribution in [2.45, 2.75) is 12.8 Å². The lowest BCUT2D eigenvalue weighted by atomic mass is 9.99. The van der Waals surface area contributed by atoms with Crippen molar-refractivity contribution in [1.29, 1.82) is 0 Å². The van der Waals surface area contributed by atoms with Gasteiger partial charge in [-0.1, -0.05) is 37.3 Å². The first-order valence-electron chi connectivity index (χ1n) is 10.6. The predicted octanol–water partition coefficient (Wildman–Crippen LogP) is 2.83. The minimum atomic E-state index is 0.0940. The molecule has 1 aliphatic rings. The number of aromatic nitrogens is 2. The van der Waals surface area contributed by atoms with Crippen molar-refractivity contribution >= 4 is 28.5 Å². The molecule has 1 unspecified atom stereocenters. The second-order valence-corrected chi connectivity index (χ2v) is 8.03. The first kappa shape index (κ1) is 21.3. The molecule has 172 valence electrons. The molecular weight excluding hydrogens is 432 g/mol. The van der Waals surface area contributed by atoms with Gasteiger partial charge in [0.2, 0.25) is 5.95 Å². The summed E-state index contributed by atoms with van der Waals surface area (Å²) in [5.74, 6) is 7.97. The van der Waals surface area contributed by atoms with Crippen LogP contribution in [0.1, 0.15) is 24.0 Å². The molecule has 1 aliphatic heterocycles. The number of hydrazone groups is 1. The van der Waals surface area contributed by atoms with Gasteiger partial charge in [0.05, 0.1) is 17.5 Å². The second kappa shape index (κ2) is 8.41. The van der Waals surface area contributed by atoms with Crippen LogP contribution in [0.15, 0.2) is 59.7 Å². The normalized spacial score (nSPS) is 15.1. The first-order chi connectivity index (χ1) is 16.4. The van der Waals surface area contributed by atoms with Crippen molar-refractivity contribution in [2.75, 3.05) is 18.1 Å². The van der Waals surface area contributed by atoms with Crippen molar-refractivity contribution in [2.24, 2.45) is 16.7 Å². The summed E-state index contributed by atoms with van der Waals surface area (Å²) in [7, 11) is 0. The van der Waals surface area contributed by atoms with Crippen molar-refractivity contribution in [1.82, 2.24) is 15.5 Å². The van der Waals surface area contributed by atoms with E-state index in [2.05, 4.69) is 27.5 Å². The Morgan fingerprint density at radius 3 is 2.65 bits per heavy atom. The molecular formula is C24H24N8O2. The maximum atomic E-state index is 6.36. The number of anilines is 2. The van der Waals surface area contributed by atoms with Gasteiger partial charge in [0.1, 0.15) is 23.1 Å². The van der Waals surface area contributed by atoms with Crippen LogP contribution in [0, 0.1) is 0 Å². The minimum Gasteiger partial charge on any atom is -0.492 e. The molecule has 1 aromatic heterocycles. The highest BCUT2D eigenvalue weighted by Crippen LogP contribution is 2.48. The van der Waals surface area contributed by atoms with Crippen molar-refractivity contribution in [3.05, 3.63) is 65.7 Å². The maximum absolute atomic E-state index is 6.36. The zero-order chi connectivity index (χ0) is 23.8. The van der Waals surface area contributed by atoms with Crippen molar-refractivity contribution in [3.63, 3.8) is 0 Å². The molecule has 0 aliphatic carbocycles. The van der Waals surface area contributed by atoms with Gasteiger partial charge in [-0.25, -0.2) is 16.4 Å². The smallest absolute Gasteiger partial charge is 0.222 e. The molecule has 2 heterocycles. The number of hydrogen-bond donors (Lipinski definition) is 5. The van der Waals surface area contributed by atoms with E-state index in [1.807, 2.05) is 54.6 Å².